The van der Waals surface area contributed by atoms with E-state index in [0.29, 0.717) is 21.9 Å². The van der Waals surface area contributed by atoms with Crippen molar-refractivity contribution >= 4 is 17.4 Å². The van der Waals surface area contributed by atoms with Crippen molar-refractivity contribution in [3.63, 3.8) is 0 Å². The van der Waals surface area contributed by atoms with Gasteiger partial charge in [0.15, 0.2) is 5.78 Å². The lowest BCUT2D eigenvalue weighted by Gasteiger charge is -2.08. The van der Waals surface area contributed by atoms with Crippen LogP contribution in [0.4, 0.5) is 4.39 Å². The number of hydrogen-bond donors (Lipinski definition) is 0. The normalized spacial score (nSPS) is 10.3. The van der Waals surface area contributed by atoms with E-state index in [4.69, 9.17) is 16.3 Å². The zero-order chi connectivity index (χ0) is 13.8. The van der Waals surface area contributed by atoms with Gasteiger partial charge in [-0.1, -0.05) is 23.7 Å². The number of carbonyl (C=O) groups is 1. The van der Waals surface area contributed by atoms with Gasteiger partial charge in [0, 0.05) is 11.4 Å². The number of ether oxygens (including phenoxy) is 1. The Hall–Kier alpha value is -1.87. The maximum Gasteiger partial charge on any atom is 0.171 e. The van der Waals surface area contributed by atoms with Crippen LogP contribution in [0.15, 0.2) is 42.5 Å². The molecule has 2 aromatic carbocycles. The van der Waals surface area contributed by atoms with Crippen molar-refractivity contribution in [2.45, 2.75) is 6.42 Å². The average Bonchev–Trinajstić information content (AvgIpc) is 2.42. The van der Waals surface area contributed by atoms with E-state index in [1.54, 1.807) is 24.3 Å². The van der Waals surface area contributed by atoms with Gasteiger partial charge in [-0.15, -0.1) is 0 Å². The zero-order valence-corrected chi connectivity index (χ0v) is 11.1. The van der Waals surface area contributed by atoms with Gasteiger partial charge in [-0.05, 0) is 35.9 Å². The minimum Gasteiger partial charge on any atom is -0.496 e. The second kappa shape index (κ2) is 5.85. The second-order valence-electron chi connectivity index (χ2n) is 4.04. The van der Waals surface area contributed by atoms with Gasteiger partial charge in [0.2, 0.25) is 0 Å². The quantitative estimate of drug-likeness (QED) is 0.793. The van der Waals surface area contributed by atoms with E-state index in [-0.39, 0.29) is 12.2 Å². The van der Waals surface area contributed by atoms with E-state index in [0.717, 1.165) is 0 Å². The number of para-hydroxylation sites is 1. The molecule has 2 nitrogen and oxygen atoms in total. The third-order valence-corrected chi connectivity index (χ3v) is 3.13. The van der Waals surface area contributed by atoms with E-state index in [2.05, 4.69) is 0 Å². The molecule has 0 aliphatic heterocycles. The van der Waals surface area contributed by atoms with Crippen LogP contribution in [0.3, 0.4) is 0 Å². The molecule has 0 bridgehead atoms. The Morgan fingerprint density at radius 3 is 2.74 bits per heavy atom. The maximum atomic E-state index is 13.2. The van der Waals surface area contributed by atoms with Crippen LogP contribution < -0.4 is 4.74 Å². The van der Waals surface area contributed by atoms with Gasteiger partial charge in [0.25, 0.3) is 0 Å². The Labute approximate surface area is 115 Å². The summed E-state index contributed by atoms with van der Waals surface area (Å²) in [6.45, 7) is 0. The van der Waals surface area contributed by atoms with Crippen molar-refractivity contribution < 1.29 is 13.9 Å². The summed E-state index contributed by atoms with van der Waals surface area (Å²) in [5.41, 5.74) is 0.933. The van der Waals surface area contributed by atoms with E-state index in [1.807, 2.05) is 0 Å². The summed E-state index contributed by atoms with van der Waals surface area (Å²) in [7, 11) is 1.50. The predicted molar refractivity (Wildman–Crippen MR) is 72.4 cm³/mol. The Morgan fingerprint density at radius 1 is 1.26 bits per heavy atom. The van der Waals surface area contributed by atoms with Crippen molar-refractivity contribution in [3.8, 4) is 5.75 Å². The summed E-state index contributed by atoms with van der Waals surface area (Å²) in [6, 6.07) is 10.9. The molecule has 2 rings (SSSR count). The molecule has 0 fully saturated rings. The first-order chi connectivity index (χ1) is 9.11. The molecule has 0 heterocycles. The van der Waals surface area contributed by atoms with Crippen molar-refractivity contribution in [2.75, 3.05) is 7.11 Å². The predicted octanol–water partition coefficient (Wildman–Crippen LogP) is 3.91. The molecule has 0 aliphatic carbocycles. The molecule has 19 heavy (non-hydrogen) atoms. The molecule has 0 saturated carbocycles. The van der Waals surface area contributed by atoms with Crippen LogP contribution in [0.5, 0.6) is 5.75 Å². The van der Waals surface area contributed by atoms with Gasteiger partial charge in [-0.25, -0.2) is 4.39 Å². The van der Waals surface area contributed by atoms with E-state index >= 15 is 0 Å². The molecule has 0 aliphatic rings. The van der Waals surface area contributed by atoms with Crippen LogP contribution in [-0.4, -0.2) is 12.9 Å². The third-order valence-electron chi connectivity index (χ3n) is 2.77. The number of halogens is 2. The first-order valence-corrected chi connectivity index (χ1v) is 6.09. The molecule has 0 radical (unpaired) electrons. The number of rotatable bonds is 4. The van der Waals surface area contributed by atoms with Crippen LogP contribution in [0, 0.1) is 5.82 Å². The lowest BCUT2D eigenvalue weighted by Crippen LogP contribution is -2.06. The molecule has 0 N–H and O–H groups in total. The Balaban J connectivity index is 2.28. The smallest absolute Gasteiger partial charge is 0.171 e. The van der Waals surface area contributed by atoms with Crippen molar-refractivity contribution in [3.05, 3.63) is 64.4 Å². The topological polar surface area (TPSA) is 26.3 Å². The molecule has 0 saturated heterocycles. The third kappa shape index (κ3) is 3.12. The highest BCUT2D eigenvalue weighted by Gasteiger charge is 2.14. The zero-order valence-electron chi connectivity index (χ0n) is 10.3. The molecule has 2 aromatic rings. The molecule has 0 amide bonds. The largest absolute Gasteiger partial charge is 0.496 e. The van der Waals surface area contributed by atoms with Crippen molar-refractivity contribution in [1.82, 2.24) is 0 Å². The SMILES string of the molecule is COc1ccccc1C(=O)Cc1cc(F)ccc1Cl. The minimum absolute atomic E-state index is 0.0387. The van der Waals surface area contributed by atoms with Crippen molar-refractivity contribution in [2.24, 2.45) is 0 Å². The molecule has 0 aromatic heterocycles. The molecule has 4 heteroatoms. The van der Waals surface area contributed by atoms with Crippen LogP contribution in [0.2, 0.25) is 5.02 Å². The molecule has 0 unspecified atom stereocenters. The van der Waals surface area contributed by atoms with Gasteiger partial charge >= 0.3 is 0 Å². The lowest BCUT2D eigenvalue weighted by atomic mass is 10.0. The molecule has 98 valence electrons. The summed E-state index contributed by atoms with van der Waals surface area (Å²) in [5, 5.41) is 0.379. The summed E-state index contributed by atoms with van der Waals surface area (Å²) in [5.74, 6) is -0.0720. The van der Waals surface area contributed by atoms with Gasteiger partial charge in [-0.3, -0.25) is 4.79 Å². The second-order valence-corrected chi connectivity index (χ2v) is 4.44. The highest BCUT2D eigenvalue weighted by atomic mass is 35.5. The number of Topliss-reactive ketones (excluding diaryl/α,β-unsaturated/α-hetero) is 1. The fraction of sp³-hybridized carbons (Fsp3) is 0.133. The summed E-state index contributed by atoms with van der Waals surface area (Å²) < 4.78 is 18.3. The molecule has 0 spiro atoms. The van der Waals surface area contributed by atoms with Gasteiger partial charge in [0.1, 0.15) is 11.6 Å². The van der Waals surface area contributed by atoms with E-state index in [9.17, 15) is 9.18 Å². The number of carbonyl (C=O) groups excluding carboxylic acids is 1. The fourth-order valence-corrected chi connectivity index (χ4v) is 2.01. The van der Waals surface area contributed by atoms with E-state index in [1.165, 1.54) is 25.3 Å². The molecule has 0 atom stereocenters. The summed E-state index contributed by atoms with van der Waals surface area (Å²) >= 11 is 5.95. The monoisotopic (exact) mass is 278 g/mol. The van der Waals surface area contributed by atoms with Crippen molar-refractivity contribution in [1.29, 1.82) is 0 Å². The first kappa shape index (κ1) is 13.6. The minimum atomic E-state index is -0.410. The number of ketones is 1. The number of hydrogen-bond acceptors (Lipinski definition) is 2. The average molecular weight is 279 g/mol. The number of methoxy groups -OCH3 is 1. The van der Waals surface area contributed by atoms with Crippen LogP contribution >= 0.6 is 11.6 Å². The standard InChI is InChI=1S/C15H12ClFO2/c1-19-15-5-3-2-4-12(15)14(18)9-10-8-11(17)6-7-13(10)16/h2-8H,9H2,1H3. The van der Waals surface area contributed by atoms with Gasteiger partial charge in [0.05, 0.1) is 12.7 Å². The molecular formula is C15H12ClFO2. The fourth-order valence-electron chi connectivity index (χ4n) is 1.82. The Morgan fingerprint density at radius 2 is 2.00 bits per heavy atom. The highest BCUT2D eigenvalue weighted by Crippen LogP contribution is 2.23. The Bertz CT molecular complexity index is 611. The van der Waals surface area contributed by atoms with E-state index < -0.39 is 5.82 Å². The van der Waals surface area contributed by atoms with Crippen LogP contribution in [-0.2, 0) is 6.42 Å². The van der Waals surface area contributed by atoms with Gasteiger partial charge < -0.3 is 4.74 Å². The lowest BCUT2D eigenvalue weighted by molar-refractivity contribution is 0.0990. The maximum absolute atomic E-state index is 13.2. The van der Waals surface area contributed by atoms with Crippen LogP contribution in [0.25, 0.3) is 0 Å². The summed E-state index contributed by atoms with van der Waals surface area (Å²) in [6.07, 6.45) is 0.0387. The number of benzene rings is 2. The van der Waals surface area contributed by atoms with Crippen LogP contribution in [0.1, 0.15) is 15.9 Å². The Kier molecular flexibility index (Phi) is 4.17. The first-order valence-electron chi connectivity index (χ1n) is 5.72. The summed E-state index contributed by atoms with van der Waals surface area (Å²) in [4.78, 5) is 12.2. The van der Waals surface area contributed by atoms with Gasteiger partial charge in [-0.2, -0.15) is 0 Å². The molecular weight excluding hydrogens is 267 g/mol. The highest BCUT2D eigenvalue weighted by molar-refractivity contribution is 6.31.